The van der Waals surface area contributed by atoms with Crippen molar-refractivity contribution in [3.63, 3.8) is 0 Å². The van der Waals surface area contributed by atoms with E-state index in [9.17, 15) is 19.2 Å². The van der Waals surface area contributed by atoms with Gasteiger partial charge in [0.05, 0.1) is 24.1 Å². The smallest absolute Gasteiger partial charge is 0.311 e. The number of benzene rings is 3. The van der Waals surface area contributed by atoms with Gasteiger partial charge in [0.1, 0.15) is 17.2 Å². The zero-order valence-corrected chi connectivity index (χ0v) is 18.3. The molecule has 0 aromatic heterocycles. The molecule has 3 aromatic rings. The Bertz CT molecular complexity index is 1150. The predicted molar refractivity (Wildman–Crippen MR) is 121 cm³/mol. The van der Waals surface area contributed by atoms with Crippen LogP contribution in [0, 0.1) is 0 Å². The van der Waals surface area contributed by atoms with Crippen molar-refractivity contribution in [3.8, 4) is 17.2 Å². The number of carboxylic acids is 1. The molecule has 0 spiro atoms. The van der Waals surface area contributed by atoms with Gasteiger partial charge < -0.3 is 14.6 Å². The highest BCUT2D eigenvalue weighted by Crippen LogP contribution is 2.41. The van der Waals surface area contributed by atoms with Crippen molar-refractivity contribution in [2.24, 2.45) is 0 Å². The van der Waals surface area contributed by atoms with Crippen molar-refractivity contribution in [1.82, 2.24) is 5.12 Å². The normalized spacial score (nSPS) is 14.7. The highest BCUT2D eigenvalue weighted by Gasteiger charge is 2.29. The minimum Gasteiger partial charge on any atom is -0.493 e. The highest BCUT2D eigenvalue weighted by atomic mass is 35.5. The van der Waals surface area contributed by atoms with Crippen LogP contribution in [0.1, 0.15) is 33.8 Å². The van der Waals surface area contributed by atoms with Crippen LogP contribution in [0.25, 0.3) is 0 Å². The van der Waals surface area contributed by atoms with E-state index < -0.39 is 17.8 Å². The molecular weight excluding hydrogens is 449 g/mol. The van der Waals surface area contributed by atoms with Gasteiger partial charge >= 0.3 is 5.97 Å². The largest absolute Gasteiger partial charge is 0.493 e. The summed E-state index contributed by atoms with van der Waals surface area (Å²) in [5, 5.41) is 9.83. The van der Waals surface area contributed by atoms with Crippen molar-refractivity contribution in [2.75, 3.05) is 13.2 Å². The number of carbonyl (C=O) groups is 2. The van der Waals surface area contributed by atoms with Gasteiger partial charge in [-0.2, -0.15) is 5.12 Å². The Morgan fingerprint density at radius 3 is 2.55 bits per heavy atom. The highest BCUT2D eigenvalue weighted by molar-refractivity contribution is 6.32. The zero-order chi connectivity index (χ0) is 23.4. The summed E-state index contributed by atoms with van der Waals surface area (Å²) in [6, 6.07) is 18.5. The number of carbonyl (C=O) groups excluding carboxylic acids is 1. The van der Waals surface area contributed by atoms with Gasteiger partial charge in [0.25, 0.3) is 5.91 Å². The Hall–Kier alpha value is -3.58. The third-order valence-electron chi connectivity index (χ3n) is 5.39. The number of aliphatic carboxylic acids is 1. The maximum absolute atomic E-state index is 14.3. The fraction of sp³-hybridized carbons (Fsp3) is 0.200. The Labute approximate surface area is 195 Å². The van der Waals surface area contributed by atoms with Crippen LogP contribution in [0.3, 0.4) is 0 Å². The molecule has 0 saturated heterocycles. The van der Waals surface area contributed by atoms with E-state index in [0.29, 0.717) is 29.9 Å². The quantitative estimate of drug-likeness (QED) is 0.452. The van der Waals surface area contributed by atoms with Crippen LogP contribution in [0.5, 0.6) is 17.2 Å². The number of rotatable bonds is 7. The number of amides is 1. The molecule has 8 heteroatoms. The van der Waals surface area contributed by atoms with Crippen LogP contribution >= 0.6 is 11.6 Å². The minimum absolute atomic E-state index is 0.0524. The second-order valence-corrected chi connectivity index (χ2v) is 8.01. The van der Waals surface area contributed by atoms with Gasteiger partial charge in [-0.05, 0) is 48.7 Å². The molecule has 1 aliphatic rings. The molecule has 1 unspecified atom stereocenters. The molecule has 0 aliphatic carbocycles. The summed E-state index contributed by atoms with van der Waals surface area (Å²) >= 11 is 6.31. The molecule has 3 aromatic carbocycles. The number of hydrogen-bond acceptors (Lipinski definition) is 4. The number of carboxylic acid groups (broad SMARTS) is 1. The van der Waals surface area contributed by atoms with Crippen LogP contribution < -0.4 is 9.47 Å². The maximum Gasteiger partial charge on any atom is 0.311 e. The lowest BCUT2D eigenvalue weighted by Crippen LogP contribution is -2.25. The summed E-state index contributed by atoms with van der Waals surface area (Å²) in [5.41, 5.74) is 1.63. The first kappa shape index (κ1) is 22.6. The Morgan fingerprint density at radius 1 is 1.12 bits per heavy atom. The average Bonchev–Trinajstić information content (AvgIpc) is 2.83. The molecule has 0 saturated carbocycles. The molecule has 1 N–H and O–H groups in total. The van der Waals surface area contributed by atoms with E-state index >= 15 is 0 Å². The fourth-order valence-corrected chi connectivity index (χ4v) is 3.84. The molecule has 6 nitrogen and oxygen atoms in total. The summed E-state index contributed by atoms with van der Waals surface area (Å²) in [5.74, 6) is -1.28. The van der Waals surface area contributed by atoms with Crippen molar-refractivity contribution in [2.45, 2.75) is 18.8 Å². The topological polar surface area (TPSA) is 76.1 Å². The second-order valence-electron chi connectivity index (χ2n) is 7.60. The molecule has 1 heterocycles. The molecule has 4 rings (SSSR count). The number of halogens is 2. The van der Waals surface area contributed by atoms with E-state index in [-0.39, 0.29) is 34.6 Å². The van der Waals surface area contributed by atoms with Gasteiger partial charge in [-0.25, -0.2) is 0 Å². The zero-order valence-electron chi connectivity index (χ0n) is 17.5. The Balaban J connectivity index is 1.42. The summed E-state index contributed by atoms with van der Waals surface area (Å²) in [6.07, 6.45) is 0.775. The van der Waals surface area contributed by atoms with Crippen LogP contribution in [0.4, 0.5) is 4.48 Å². The van der Waals surface area contributed by atoms with Crippen molar-refractivity contribution in [1.29, 1.82) is 0 Å². The minimum atomic E-state index is -0.935. The van der Waals surface area contributed by atoms with E-state index in [1.807, 2.05) is 30.3 Å². The van der Waals surface area contributed by atoms with E-state index in [2.05, 4.69) is 0 Å². The molecule has 1 atom stereocenters. The first-order valence-corrected chi connectivity index (χ1v) is 10.8. The first-order valence-electron chi connectivity index (χ1n) is 10.4. The average molecular weight is 470 g/mol. The molecular formula is C25H21ClFNO5. The summed E-state index contributed by atoms with van der Waals surface area (Å²) in [4.78, 5) is 23.8. The fourth-order valence-electron chi connectivity index (χ4n) is 3.63. The number of nitrogens with zero attached hydrogens (tertiary/aromatic N) is 1. The lowest BCUT2D eigenvalue weighted by Gasteiger charge is -2.24. The van der Waals surface area contributed by atoms with Gasteiger partial charge in [0.2, 0.25) is 0 Å². The van der Waals surface area contributed by atoms with Gasteiger partial charge in [-0.1, -0.05) is 46.4 Å². The van der Waals surface area contributed by atoms with E-state index in [1.54, 1.807) is 6.07 Å². The molecule has 1 aliphatic heterocycles. The first-order chi connectivity index (χ1) is 15.9. The van der Waals surface area contributed by atoms with Gasteiger partial charge in [0, 0.05) is 17.2 Å². The SMILES string of the molecule is O=C(O)C1CCOc2cc(Oc3ccc(C(=O)N(F)CCc4ccccc4)cc3)c(Cl)cc21. The number of fused-ring (bicyclic) bond motifs is 1. The van der Waals surface area contributed by atoms with Crippen molar-refractivity contribution < 1.29 is 28.7 Å². The lowest BCUT2D eigenvalue weighted by atomic mass is 9.93. The molecule has 170 valence electrons. The van der Waals surface area contributed by atoms with E-state index in [1.165, 1.54) is 30.3 Å². The third-order valence-corrected chi connectivity index (χ3v) is 5.69. The Morgan fingerprint density at radius 2 is 1.85 bits per heavy atom. The maximum atomic E-state index is 14.3. The van der Waals surface area contributed by atoms with Crippen LogP contribution in [-0.4, -0.2) is 35.3 Å². The summed E-state index contributed by atoms with van der Waals surface area (Å²) < 4.78 is 25.7. The standard InChI is InChI=1S/C25H21ClFNO5/c26-21-14-20-19(25(30)31)11-13-32-22(20)15-23(21)33-18-8-6-17(7-9-18)24(29)28(27)12-10-16-4-2-1-3-5-16/h1-9,14-15,19H,10-13H2,(H,30,31). The van der Waals surface area contributed by atoms with E-state index in [0.717, 1.165) is 5.56 Å². The van der Waals surface area contributed by atoms with Crippen molar-refractivity contribution in [3.05, 3.63) is 88.4 Å². The number of hydrogen-bond donors (Lipinski definition) is 1. The second kappa shape index (κ2) is 9.92. The molecule has 0 radical (unpaired) electrons. The van der Waals surface area contributed by atoms with Gasteiger partial charge in [-0.3, -0.25) is 9.59 Å². The van der Waals surface area contributed by atoms with Gasteiger partial charge in [0.15, 0.2) is 0 Å². The van der Waals surface area contributed by atoms with Gasteiger partial charge in [-0.15, -0.1) is 0 Å². The molecule has 1 amide bonds. The Kier molecular flexibility index (Phi) is 6.79. The summed E-state index contributed by atoms with van der Waals surface area (Å²) in [6.45, 7) is 0.231. The number of ether oxygens (including phenoxy) is 2. The monoisotopic (exact) mass is 469 g/mol. The van der Waals surface area contributed by atoms with Crippen molar-refractivity contribution >= 4 is 23.5 Å². The van der Waals surface area contributed by atoms with Crippen LogP contribution in [0.15, 0.2) is 66.7 Å². The predicted octanol–water partition coefficient (Wildman–Crippen LogP) is 5.65. The summed E-state index contributed by atoms with van der Waals surface area (Å²) in [7, 11) is 0. The molecule has 33 heavy (non-hydrogen) atoms. The van der Waals surface area contributed by atoms with Crippen LogP contribution in [0.2, 0.25) is 5.02 Å². The van der Waals surface area contributed by atoms with Crippen LogP contribution in [-0.2, 0) is 11.2 Å². The van der Waals surface area contributed by atoms with E-state index in [4.69, 9.17) is 21.1 Å². The molecule has 0 fully saturated rings. The lowest BCUT2D eigenvalue weighted by molar-refractivity contribution is -0.139. The third kappa shape index (κ3) is 5.26. The molecule has 0 bridgehead atoms.